The molecule has 1 aliphatic rings. The van der Waals surface area contributed by atoms with Crippen LogP contribution in [-0.4, -0.2) is 53.5 Å². The van der Waals surface area contributed by atoms with Crippen molar-refractivity contribution in [3.63, 3.8) is 0 Å². The van der Waals surface area contributed by atoms with Gasteiger partial charge < -0.3 is 14.4 Å². The van der Waals surface area contributed by atoms with Gasteiger partial charge in [-0.1, -0.05) is 30.3 Å². The van der Waals surface area contributed by atoms with Gasteiger partial charge in [-0.2, -0.15) is 0 Å². The van der Waals surface area contributed by atoms with Crippen molar-refractivity contribution < 1.29 is 14.3 Å². The quantitative estimate of drug-likeness (QED) is 0.935. The van der Waals surface area contributed by atoms with E-state index in [1.165, 1.54) is 12.5 Å². The lowest BCUT2D eigenvalue weighted by atomic mass is 10.1. The van der Waals surface area contributed by atoms with Crippen LogP contribution < -0.4 is 0 Å². The van der Waals surface area contributed by atoms with Crippen LogP contribution in [0.5, 0.6) is 0 Å². The molecule has 1 saturated heterocycles. The summed E-state index contributed by atoms with van der Waals surface area (Å²) in [4.78, 5) is 16.2. The lowest BCUT2D eigenvalue weighted by molar-refractivity contribution is 0.0527. The summed E-state index contributed by atoms with van der Waals surface area (Å²) in [7, 11) is 0. The summed E-state index contributed by atoms with van der Waals surface area (Å²) >= 11 is 0. The molecule has 0 bridgehead atoms. The van der Waals surface area contributed by atoms with Gasteiger partial charge in [-0.15, -0.1) is 0 Å². The first-order valence-electron chi connectivity index (χ1n) is 7.51. The number of carbonyl (C=O) groups is 1. The van der Waals surface area contributed by atoms with E-state index in [1.54, 1.807) is 6.07 Å². The number of hydrogen-bond donors (Lipinski definition) is 1. The van der Waals surface area contributed by atoms with Crippen LogP contribution in [-0.2, 0) is 0 Å². The van der Waals surface area contributed by atoms with Crippen LogP contribution in [0.2, 0.25) is 0 Å². The molecule has 1 aromatic carbocycles. The Labute approximate surface area is 129 Å². The average molecular weight is 300 g/mol. The first-order chi connectivity index (χ1) is 10.7. The molecule has 1 atom stereocenters. The number of aliphatic hydroxyl groups excluding tert-OH is 1. The van der Waals surface area contributed by atoms with E-state index in [9.17, 15) is 9.90 Å². The van der Waals surface area contributed by atoms with Crippen molar-refractivity contribution in [3.05, 3.63) is 60.1 Å². The topological polar surface area (TPSA) is 56.9 Å². The third kappa shape index (κ3) is 3.37. The third-order valence-electron chi connectivity index (χ3n) is 4.04. The number of nitrogens with zero attached hydrogens (tertiary/aromatic N) is 2. The average Bonchev–Trinajstić information content (AvgIpc) is 3.10. The molecule has 5 nitrogen and oxygen atoms in total. The maximum Gasteiger partial charge on any atom is 0.257 e. The highest BCUT2D eigenvalue weighted by Crippen LogP contribution is 2.16. The number of rotatable bonds is 4. The fourth-order valence-electron chi connectivity index (χ4n) is 2.73. The number of aliphatic hydroxyl groups is 1. The minimum Gasteiger partial charge on any atom is -0.472 e. The van der Waals surface area contributed by atoms with E-state index >= 15 is 0 Å². The summed E-state index contributed by atoms with van der Waals surface area (Å²) in [6.45, 7) is 3.48. The molecule has 3 rings (SSSR count). The summed E-state index contributed by atoms with van der Waals surface area (Å²) in [5.41, 5.74) is 1.53. The fourth-order valence-corrected chi connectivity index (χ4v) is 2.73. The zero-order valence-electron chi connectivity index (χ0n) is 12.4. The number of amides is 1. The Morgan fingerprint density at radius 2 is 1.86 bits per heavy atom. The third-order valence-corrected chi connectivity index (χ3v) is 4.04. The second kappa shape index (κ2) is 6.77. The van der Waals surface area contributed by atoms with E-state index in [2.05, 4.69) is 4.90 Å². The molecule has 5 heteroatoms. The predicted octanol–water partition coefficient (Wildman–Crippen LogP) is 1.77. The Balaban J connectivity index is 1.51. The molecule has 2 aromatic rings. The zero-order valence-corrected chi connectivity index (χ0v) is 12.4. The number of piperazine rings is 1. The van der Waals surface area contributed by atoms with Crippen molar-refractivity contribution in [1.82, 2.24) is 9.80 Å². The van der Waals surface area contributed by atoms with E-state index in [4.69, 9.17) is 4.42 Å². The summed E-state index contributed by atoms with van der Waals surface area (Å²) in [6, 6.07) is 11.4. The maximum atomic E-state index is 12.2. The van der Waals surface area contributed by atoms with E-state index in [1.807, 2.05) is 35.2 Å². The Morgan fingerprint density at radius 3 is 2.50 bits per heavy atom. The van der Waals surface area contributed by atoms with Crippen LogP contribution >= 0.6 is 0 Å². The molecule has 2 heterocycles. The summed E-state index contributed by atoms with van der Waals surface area (Å²) in [5.74, 6) is 0.0111. The van der Waals surface area contributed by atoms with Crippen LogP contribution in [0, 0.1) is 0 Å². The van der Waals surface area contributed by atoms with Gasteiger partial charge in [-0.05, 0) is 11.6 Å². The number of carbonyl (C=O) groups excluding carboxylic acids is 1. The molecular weight excluding hydrogens is 280 g/mol. The normalized spacial score (nSPS) is 17.4. The monoisotopic (exact) mass is 300 g/mol. The Hall–Kier alpha value is -2.11. The van der Waals surface area contributed by atoms with Gasteiger partial charge in [0.1, 0.15) is 6.26 Å². The first-order valence-corrected chi connectivity index (χ1v) is 7.51. The molecule has 1 fully saturated rings. The molecule has 1 N–H and O–H groups in total. The van der Waals surface area contributed by atoms with E-state index in [0.29, 0.717) is 25.2 Å². The van der Waals surface area contributed by atoms with Crippen molar-refractivity contribution in [1.29, 1.82) is 0 Å². The first kappa shape index (κ1) is 14.8. The van der Waals surface area contributed by atoms with Crippen molar-refractivity contribution in [2.24, 2.45) is 0 Å². The van der Waals surface area contributed by atoms with Gasteiger partial charge >= 0.3 is 0 Å². The molecule has 22 heavy (non-hydrogen) atoms. The number of benzene rings is 1. The molecule has 1 aliphatic heterocycles. The number of hydrogen-bond acceptors (Lipinski definition) is 4. The minimum absolute atomic E-state index is 0.0111. The van der Waals surface area contributed by atoms with Gasteiger partial charge in [-0.3, -0.25) is 9.69 Å². The van der Waals surface area contributed by atoms with E-state index in [-0.39, 0.29) is 5.91 Å². The summed E-state index contributed by atoms with van der Waals surface area (Å²) < 4.78 is 4.96. The van der Waals surface area contributed by atoms with Gasteiger partial charge in [0, 0.05) is 32.7 Å². The standard InChI is InChI=1S/C17H20N2O3/c20-16(14-4-2-1-3-5-14)12-18-7-9-19(10-8-18)17(21)15-6-11-22-13-15/h1-6,11,13,16,20H,7-10,12H2/t16-/m0/s1. The van der Waals surface area contributed by atoms with E-state index in [0.717, 1.165) is 18.7 Å². The molecule has 0 unspecified atom stereocenters. The predicted molar refractivity (Wildman–Crippen MR) is 82.5 cm³/mol. The highest BCUT2D eigenvalue weighted by Gasteiger charge is 2.24. The highest BCUT2D eigenvalue weighted by molar-refractivity contribution is 5.93. The maximum absolute atomic E-state index is 12.2. The largest absolute Gasteiger partial charge is 0.472 e. The van der Waals surface area contributed by atoms with Gasteiger partial charge in [0.25, 0.3) is 5.91 Å². The van der Waals surface area contributed by atoms with Gasteiger partial charge in [0.15, 0.2) is 0 Å². The Morgan fingerprint density at radius 1 is 1.14 bits per heavy atom. The number of β-amino-alcohol motifs (C(OH)–C–C–N with tert-alkyl or cyclic N) is 1. The smallest absolute Gasteiger partial charge is 0.257 e. The van der Waals surface area contributed by atoms with Gasteiger partial charge in [0.05, 0.1) is 17.9 Å². The SMILES string of the molecule is O=C(c1ccoc1)N1CCN(C[C@H](O)c2ccccc2)CC1. The highest BCUT2D eigenvalue weighted by atomic mass is 16.3. The molecular formula is C17H20N2O3. The minimum atomic E-state index is -0.489. The molecule has 0 radical (unpaired) electrons. The zero-order chi connectivity index (χ0) is 15.4. The van der Waals surface area contributed by atoms with Gasteiger partial charge in [-0.25, -0.2) is 0 Å². The van der Waals surface area contributed by atoms with Crippen LogP contribution in [0.3, 0.4) is 0 Å². The van der Waals surface area contributed by atoms with Crippen LogP contribution in [0.15, 0.2) is 53.3 Å². The number of furan rings is 1. The second-order valence-electron chi connectivity index (χ2n) is 5.53. The fraction of sp³-hybridized carbons (Fsp3) is 0.353. The lowest BCUT2D eigenvalue weighted by Gasteiger charge is -2.35. The van der Waals surface area contributed by atoms with Crippen molar-refractivity contribution in [3.8, 4) is 0 Å². The molecule has 0 spiro atoms. The summed E-state index contributed by atoms with van der Waals surface area (Å²) in [6.07, 6.45) is 2.51. The Kier molecular flexibility index (Phi) is 4.56. The second-order valence-corrected chi connectivity index (χ2v) is 5.53. The molecule has 1 aromatic heterocycles. The van der Waals surface area contributed by atoms with Crippen LogP contribution in [0.25, 0.3) is 0 Å². The van der Waals surface area contributed by atoms with Crippen molar-refractivity contribution >= 4 is 5.91 Å². The molecule has 0 aliphatic carbocycles. The Bertz CT molecular complexity index is 590. The molecule has 116 valence electrons. The van der Waals surface area contributed by atoms with E-state index < -0.39 is 6.10 Å². The van der Waals surface area contributed by atoms with Crippen LogP contribution in [0.1, 0.15) is 22.0 Å². The van der Waals surface area contributed by atoms with Crippen molar-refractivity contribution in [2.75, 3.05) is 32.7 Å². The summed E-state index contributed by atoms with van der Waals surface area (Å²) in [5, 5.41) is 10.3. The van der Waals surface area contributed by atoms with Crippen LogP contribution in [0.4, 0.5) is 0 Å². The van der Waals surface area contributed by atoms with Crippen molar-refractivity contribution in [2.45, 2.75) is 6.10 Å². The van der Waals surface area contributed by atoms with Gasteiger partial charge in [0.2, 0.25) is 0 Å². The molecule has 0 saturated carbocycles. The lowest BCUT2D eigenvalue weighted by Crippen LogP contribution is -2.49. The molecule has 1 amide bonds.